The Kier molecular flexibility index (Phi) is 62.7. The van der Waals surface area contributed by atoms with E-state index < -0.39 is 12.1 Å². The number of terminal acetylenes is 1. The van der Waals surface area contributed by atoms with E-state index in [2.05, 4.69) is 308 Å². The highest BCUT2D eigenvalue weighted by atomic mass is 127. The van der Waals surface area contributed by atoms with Gasteiger partial charge in [-0.1, -0.05) is 105 Å². The first-order chi connectivity index (χ1) is 56.2. The van der Waals surface area contributed by atoms with Gasteiger partial charge >= 0.3 is 0 Å². The van der Waals surface area contributed by atoms with Gasteiger partial charge in [0.2, 0.25) is 0 Å². The predicted molar refractivity (Wildman–Crippen MR) is 504 cm³/mol. The number of phenols is 4. The van der Waals surface area contributed by atoms with Gasteiger partial charge in [0.15, 0.2) is 17.3 Å². The average Bonchev–Trinajstić information content (AvgIpc) is 1.69. The number of aromatic hydroxyl groups is 4. The Morgan fingerprint density at radius 3 is 0.793 bits per heavy atom. The van der Waals surface area contributed by atoms with Crippen molar-refractivity contribution in [2.75, 3.05) is 0 Å². The van der Waals surface area contributed by atoms with Crippen molar-refractivity contribution in [1.29, 1.82) is 0 Å². The molecule has 0 fully saturated rings. The molecular formula is C109H77IN4O7. The molecule has 1 aromatic heterocycles. The van der Waals surface area contributed by atoms with Gasteiger partial charge in [0.1, 0.15) is 41.1 Å². The number of aromatic amines is 1. The molecule has 5 N–H and O–H groups in total. The second-order valence-corrected chi connectivity index (χ2v) is 21.8. The van der Waals surface area contributed by atoms with E-state index in [0.717, 1.165) is 44.3 Å². The van der Waals surface area contributed by atoms with Gasteiger partial charge in [0.05, 0.1) is 0 Å². The third kappa shape index (κ3) is 54.2. The number of ketones is 3. The fourth-order valence-electron chi connectivity index (χ4n) is 7.78. The summed E-state index contributed by atoms with van der Waals surface area (Å²) in [6.07, 6.45) is 13.5. The molecular weight excluding hydrogens is 1600 g/mol. The predicted octanol–water partition coefficient (Wildman–Crippen LogP) is 14.1. The molecule has 0 saturated carbocycles. The molecule has 0 spiro atoms. The van der Waals surface area contributed by atoms with Crippen LogP contribution in [0.3, 0.4) is 0 Å². The molecule has 0 amide bonds. The van der Waals surface area contributed by atoms with Gasteiger partial charge in [-0.25, -0.2) is 0 Å². The summed E-state index contributed by atoms with van der Waals surface area (Å²) < 4.78 is 2.59. The van der Waals surface area contributed by atoms with Crippen LogP contribution < -0.4 is 0 Å². The lowest BCUT2D eigenvalue weighted by Gasteiger charge is -2.09. The molecule has 0 aliphatic rings. The monoisotopic (exact) mass is 1680 g/mol. The van der Waals surface area contributed by atoms with Gasteiger partial charge in [-0.05, 0) is 244 Å². The fraction of sp³-hybridized carbons (Fsp3) is 0.138. The van der Waals surface area contributed by atoms with Gasteiger partial charge in [-0.15, -0.1) is 6.42 Å². The van der Waals surface area contributed by atoms with Crippen molar-refractivity contribution in [2.45, 2.75) is 103 Å². The summed E-state index contributed by atoms with van der Waals surface area (Å²) in [7, 11) is 0. The van der Waals surface area contributed by atoms with Crippen LogP contribution in [0.2, 0.25) is 0 Å². The van der Waals surface area contributed by atoms with Crippen molar-refractivity contribution in [3.63, 3.8) is 0 Å². The third-order valence-corrected chi connectivity index (χ3v) is 13.3. The molecule has 0 aliphatic carbocycles. The number of aromatic nitrogens is 1. The fourth-order valence-corrected chi connectivity index (χ4v) is 7.92. The maximum atomic E-state index is 11.9. The highest BCUT2D eigenvalue weighted by molar-refractivity contribution is 14.1. The number of para-hydroxylation sites is 1. The highest BCUT2D eigenvalue weighted by Gasteiger charge is 2.16. The van der Waals surface area contributed by atoms with Crippen LogP contribution in [0.1, 0.15) is 98.7 Å². The zero-order valence-corrected chi connectivity index (χ0v) is 63.6. The molecule has 0 aliphatic heterocycles. The molecule has 582 valence electrons. The molecule has 12 heteroatoms. The summed E-state index contributed by atoms with van der Waals surface area (Å²) in [5.74, 6) is 120. The van der Waals surface area contributed by atoms with Crippen molar-refractivity contribution in [3.05, 3.63) is 191 Å². The summed E-state index contributed by atoms with van der Waals surface area (Å²) >= 11 is 1.88. The number of Topliss-reactive ketones (excluding diaryl/α,β-unsaturated/α-hetero) is 3. The molecule has 0 saturated heterocycles. The zero-order valence-electron chi connectivity index (χ0n) is 61.4. The number of rotatable bonds is 15. The lowest BCUT2D eigenvalue weighted by molar-refractivity contribution is -0.118. The Morgan fingerprint density at radius 2 is 0.537 bits per heavy atom. The lowest BCUT2D eigenvalue weighted by atomic mass is 10.0. The van der Waals surface area contributed by atoms with E-state index >= 15 is 0 Å². The Balaban J connectivity index is -0.00000165. The summed E-state index contributed by atoms with van der Waals surface area (Å²) in [5.41, 5.74) is 6.72. The second kappa shape index (κ2) is 70.9. The Morgan fingerprint density at radius 1 is 0.314 bits per heavy atom. The largest absolute Gasteiger partial charge is 0.508 e. The number of H-pyrrole nitrogens is 1. The van der Waals surface area contributed by atoms with E-state index in [4.69, 9.17) is 6.42 Å². The number of nitrogens with one attached hydrogen (secondary N) is 1. The number of benzene rings is 6. The number of carbonyl (C=O) groups excluding carboxylic acids is 3. The number of hydrogen-bond donors (Lipinski definition) is 5. The van der Waals surface area contributed by atoms with Crippen LogP contribution in [0.15, 0.2) is 173 Å². The van der Waals surface area contributed by atoms with Crippen molar-refractivity contribution in [1.82, 2.24) is 4.98 Å². The Bertz CT molecular complexity index is 6600. The Labute approximate surface area is 730 Å². The summed E-state index contributed by atoms with van der Waals surface area (Å²) in [5, 5.41) is 38.1. The smallest absolute Gasteiger partial charge is 0.154 e. The summed E-state index contributed by atoms with van der Waals surface area (Å²) in [6.45, 7) is 4.63. The quantitative estimate of drug-likeness (QED) is 0.0384. The zero-order chi connectivity index (χ0) is 82.5. The lowest BCUT2D eigenvalue weighted by Crippen LogP contribution is -2.18. The molecule has 7 aromatic rings. The Hall–Kier alpha value is -18.2. The van der Waals surface area contributed by atoms with Crippen LogP contribution in [0, 0.1) is 295 Å². The van der Waals surface area contributed by atoms with Crippen molar-refractivity contribution >= 4 is 69.5 Å². The van der Waals surface area contributed by atoms with Crippen LogP contribution in [0.25, 0.3) is 10.9 Å². The van der Waals surface area contributed by atoms with Crippen molar-refractivity contribution < 1.29 is 34.8 Å². The van der Waals surface area contributed by atoms with Gasteiger partial charge in [-0.2, -0.15) is 0 Å². The summed E-state index contributed by atoms with van der Waals surface area (Å²) in [6, 6.07) is 43.4. The third-order valence-electron chi connectivity index (χ3n) is 13.0. The molecule has 0 unspecified atom stereocenters. The van der Waals surface area contributed by atoms with E-state index in [1.54, 1.807) is 130 Å². The summed E-state index contributed by atoms with van der Waals surface area (Å²) in [4.78, 5) is 51.6. The van der Waals surface area contributed by atoms with E-state index in [-0.39, 0.29) is 90.9 Å². The number of fused-ring (bicyclic) bond motifs is 1. The van der Waals surface area contributed by atoms with Crippen LogP contribution in [0.5, 0.6) is 23.0 Å². The molecule has 3 atom stereocenters. The molecule has 11 nitrogen and oxygen atoms in total. The number of nitrogens with zero attached hydrogens (tertiary/aromatic N) is 3. The molecule has 0 radical (unpaired) electrons. The second-order valence-electron chi connectivity index (χ2n) is 21.2. The molecule has 1 heterocycles. The highest BCUT2D eigenvalue weighted by Crippen LogP contribution is 2.21. The molecule has 6 aromatic carbocycles. The first kappa shape index (κ1) is 107. The van der Waals surface area contributed by atoms with Crippen LogP contribution >= 0.6 is 22.6 Å². The van der Waals surface area contributed by atoms with Gasteiger partial charge < -0.3 is 25.4 Å². The number of phenolic OH excluding ortho intramolecular Hbond substituents is 4. The minimum absolute atomic E-state index is 0. The molecule has 7 rings (SSSR count). The van der Waals surface area contributed by atoms with Crippen LogP contribution in [-0.2, 0) is 33.6 Å². The molecule has 0 bridgehead atoms. The number of carbonyl (C=O) groups is 3. The number of halogens is 1. The standard InChI is InChI=1S/C50HI.C19H18N2O2.C17H17NO3.C17H17NO2.6CH4/c1-2-3-4-5-6-7-8-9-10-11-12-13-14-15-16-17-18-19-20-21-22-23-24-25-26-27-28-29-30-31-32-33-34-35-36-37-38-39-40-41-42-43-44-45-46-47-48-49-50-51;1-13(22)19(20-11-14-6-8-16(23)9-7-14)10-15-12-21-18-5-3-2-4-17(15)18;1-12(19)17(10-13-2-6-15(20)7-3-13)18-11-14-4-8-16(21)9-5-14;1-13(19)17(11-14-5-3-2-4-6-14)18-12-15-7-9-16(20)10-8-15;;;;;;/h1H;2-9,11-12,19,21,23H,10H2,1H3;2-9,11,17,20-21H,10H2,1H3;2-10,12,17,20H,11H2,1H3;6*1H4/t;19-;2*17-;;;;;;/m.000....../s1. The first-order valence-electron chi connectivity index (χ1n) is 33.2. The van der Waals surface area contributed by atoms with E-state index in [0.29, 0.717) is 19.3 Å². The topological polar surface area (TPSA) is 185 Å². The maximum absolute atomic E-state index is 11.9. The minimum Gasteiger partial charge on any atom is -0.508 e. The normalized spacial score (nSPS) is 8.29. The number of aliphatic imine (C=N–C) groups is 3. The van der Waals surface area contributed by atoms with Gasteiger partial charge in [0, 0.05) is 267 Å². The first-order valence-corrected chi connectivity index (χ1v) is 34.2. The van der Waals surface area contributed by atoms with Gasteiger partial charge in [0.25, 0.3) is 0 Å². The van der Waals surface area contributed by atoms with E-state index in [1.807, 2.05) is 83.4 Å². The van der Waals surface area contributed by atoms with Crippen molar-refractivity contribution in [2.24, 2.45) is 15.0 Å². The van der Waals surface area contributed by atoms with Gasteiger partial charge in [-0.3, -0.25) is 29.4 Å². The van der Waals surface area contributed by atoms with Crippen molar-refractivity contribution in [3.8, 4) is 318 Å². The average molecular weight is 1680 g/mol. The van der Waals surface area contributed by atoms with Crippen LogP contribution in [-0.4, -0.2) is 79.5 Å². The minimum atomic E-state index is -0.455. The SMILES string of the molecule is C.C.C.C.C.C.C#CC#CC#CC#CC#CC#CC#CC#CC#CC#CC#CC#CC#CC#CC#CC#CC#CC#CC#CC#CC#CC#CC#CC#CC#CI.CC(=O)[C@H](Cc1c[nH]c2ccccc12)N=Cc1ccc(O)cc1.CC(=O)[C@H](Cc1ccc(O)cc1)N=Cc1ccc(O)cc1.CC(=O)[C@H](Cc1ccccc1)N=Cc1ccc(O)cc1. The van der Waals surface area contributed by atoms with E-state index in [9.17, 15) is 34.8 Å². The number of hydrogen-bond acceptors (Lipinski definition) is 10. The van der Waals surface area contributed by atoms with Crippen LogP contribution in [0.4, 0.5) is 0 Å². The van der Waals surface area contributed by atoms with E-state index in [1.165, 1.54) is 6.92 Å². The molecule has 121 heavy (non-hydrogen) atoms. The maximum Gasteiger partial charge on any atom is 0.154 e.